The number of aryl methyl sites for hydroxylation is 1. The molecule has 1 N–H and O–H groups in total. The molecule has 1 heterocycles. The third kappa shape index (κ3) is 3.05. The van der Waals surface area contributed by atoms with Gasteiger partial charge in [0, 0.05) is 18.8 Å². The second-order valence-corrected chi connectivity index (χ2v) is 5.32. The van der Waals surface area contributed by atoms with E-state index in [4.69, 9.17) is 0 Å². The molecule has 0 aliphatic carbocycles. The number of hydrogen-bond acceptors (Lipinski definition) is 2. The normalized spacial score (nSPS) is 10.9. The van der Waals surface area contributed by atoms with Gasteiger partial charge < -0.3 is 9.67 Å². The van der Waals surface area contributed by atoms with Crippen molar-refractivity contribution in [2.24, 2.45) is 13.0 Å². The summed E-state index contributed by atoms with van der Waals surface area (Å²) in [5.74, 6) is 0.415. The first-order valence-corrected chi connectivity index (χ1v) is 6.46. The number of pyridine rings is 1. The molecule has 1 aromatic heterocycles. The van der Waals surface area contributed by atoms with Crippen LogP contribution >= 0.6 is 0 Å². The number of rotatable bonds is 3. The minimum absolute atomic E-state index is 0.216. The quantitative estimate of drug-likeness (QED) is 0.918. The highest BCUT2D eigenvalue weighted by Crippen LogP contribution is 2.22. The molecule has 0 aliphatic heterocycles. The van der Waals surface area contributed by atoms with Crippen LogP contribution in [0.4, 0.5) is 0 Å². The summed E-state index contributed by atoms with van der Waals surface area (Å²) in [7, 11) is 1.64. The van der Waals surface area contributed by atoms with Gasteiger partial charge in [0.15, 0.2) is 5.75 Å². The lowest BCUT2D eigenvalue weighted by Gasteiger charge is -2.08. The zero-order valence-corrected chi connectivity index (χ0v) is 11.6. The monoisotopic (exact) mass is 257 g/mol. The Labute approximate surface area is 113 Å². The van der Waals surface area contributed by atoms with Crippen LogP contribution in [0.15, 0.2) is 41.3 Å². The van der Waals surface area contributed by atoms with E-state index in [-0.39, 0.29) is 11.3 Å². The third-order valence-corrected chi connectivity index (χ3v) is 3.10. The Morgan fingerprint density at radius 1 is 1.16 bits per heavy atom. The first kappa shape index (κ1) is 13.4. The van der Waals surface area contributed by atoms with Crippen molar-refractivity contribution in [3.8, 4) is 16.9 Å². The topological polar surface area (TPSA) is 42.2 Å². The SMILES string of the molecule is CC(C)Cc1ccc(-c2cc(O)c(=O)n(C)c2)cc1. The summed E-state index contributed by atoms with van der Waals surface area (Å²) in [6.45, 7) is 4.39. The van der Waals surface area contributed by atoms with Gasteiger partial charge in [0.05, 0.1) is 0 Å². The molecule has 3 nitrogen and oxygen atoms in total. The fraction of sp³-hybridized carbons (Fsp3) is 0.312. The van der Waals surface area contributed by atoms with E-state index >= 15 is 0 Å². The number of nitrogens with zero attached hydrogens (tertiary/aromatic N) is 1. The maximum atomic E-state index is 11.4. The van der Waals surface area contributed by atoms with Gasteiger partial charge in [-0.1, -0.05) is 38.1 Å². The third-order valence-electron chi connectivity index (χ3n) is 3.10. The molecule has 0 saturated carbocycles. The largest absolute Gasteiger partial charge is 0.503 e. The maximum Gasteiger partial charge on any atom is 0.292 e. The number of hydrogen-bond donors (Lipinski definition) is 1. The van der Waals surface area contributed by atoms with Gasteiger partial charge in [-0.15, -0.1) is 0 Å². The van der Waals surface area contributed by atoms with Gasteiger partial charge in [0.1, 0.15) is 0 Å². The van der Waals surface area contributed by atoms with Crippen LogP contribution in [-0.4, -0.2) is 9.67 Å². The van der Waals surface area contributed by atoms with Crippen molar-refractivity contribution in [1.29, 1.82) is 0 Å². The Kier molecular flexibility index (Phi) is 3.74. The van der Waals surface area contributed by atoms with E-state index in [2.05, 4.69) is 26.0 Å². The Morgan fingerprint density at radius 3 is 2.32 bits per heavy atom. The molecule has 2 rings (SSSR count). The molecule has 0 bridgehead atoms. The molecule has 0 spiro atoms. The van der Waals surface area contributed by atoms with Crippen LogP contribution in [0.2, 0.25) is 0 Å². The molecule has 0 saturated heterocycles. The summed E-state index contributed by atoms with van der Waals surface area (Å²) in [6, 6.07) is 9.75. The molecule has 100 valence electrons. The molecule has 1 aromatic carbocycles. The van der Waals surface area contributed by atoms with Gasteiger partial charge in [-0.2, -0.15) is 0 Å². The van der Waals surface area contributed by atoms with Gasteiger partial charge in [0.25, 0.3) is 5.56 Å². The Morgan fingerprint density at radius 2 is 1.79 bits per heavy atom. The zero-order valence-electron chi connectivity index (χ0n) is 11.6. The average Bonchev–Trinajstić information content (AvgIpc) is 2.35. The molecule has 0 radical (unpaired) electrons. The predicted molar refractivity (Wildman–Crippen MR) is 77.3 cm³/mol. The van der Waals surface area contributed by atoms with E-state index in [1.165, 1.54) is 16.2 Å². The van der Waals surface area contributed by atoms with E-state index in [1.807, 2.05) is 12.1 Å². The Hall–Kier alpha value is -2.03. The van der Waals surface area contributed by atoms with Crippen LogP contribution < -0.4 is 5.56 Å². The van der Waals surface area contributed by atoms with E-state index in [1.54, 1.807) is 13.2 Å². The summed E-state index contributed by atoms with van der Waals surface area (Å²) in [5.41, 5.74) is 2.77. The predicted octanol–water partition coefficient (Wildman–Crippen LogP) is 2.96. The summed E-state index contributed by atoms with van der Waals surface area (Å²) in [5, 5.41) is 9.58. The molecule has 19 heavy (non-hydrogen) atoms. The number of benzene rings is 1. The zero-order chi connectivity index (χ0) is 14.0. The van der Waals surface area contributed by atoms with Crippen LogP contribution in [0, 0.1) is 5.92 Å². The highest BCUT2D eigenvalue weighted by atomic mass is 16.3. The van der Waals surface area contributed by atoms with Crippen molar-refractivity contribution >= 4 is 0 Å². The molecular weight excluding hydrogens is 238 g/mol. The lowest BCUT2D eigenvalue weighted by Crippen LogP contribution is -2.15. The molecule has 2 aromatic rings. The molecule has 0 amide bonds. The summed E-state index contributed by atoms with van der Waals surface area (Å²) >= 11 is 0. The molecule has 0 unspecified atom stereocenters. The number of aromatic hydroxyl groups is 1. The first-order valence-electron chi connectivity index (χ1n) is 6.46. The van der Waals surface area contributed by atoms with Crippen LogP contribution in [0.5, 0.6) is 5.75 Å². The second kappa shape index (κ2) is 5.31. The van der Waals surface area contributed by atoms with Crippen molar-refractivity contribution in [3.63, 3.8) is 0 Å². The van der Waals surface area contributed by atoms with Crippen molar-refractivity contribution in [1.82, 2.24) is 4.57 Å². The van der Waals surface area contributed by atoms with E-state index in [0.717, 1.165) is 17.5 Å². The lowest BCUT2D eigenvalue weighted by molar-refractivity contribution is 0.461. The van der Waals surface area contributed by atoms with Gasteiger partial charge in [-0.05, 0) is 29.5 Å². The van der Waals surface area contributed by atoms with Crippen molar-refractivity contribution in [2.45, 2.75) is 20.3 Å². The van der Waals surface area contributed by atoms with Crippen LogP contribution in [0.3, 0.4) is 0 Å². The van der Waals surface area contributed by atoms with Crippen LogP contribution in [-0.2, 0) is 13.5 Å². The highest BCUT2D eigenvalue weighted by molar-refractivity contribution is 5.64. The van der Waals surface area contributed by atoms with E-state index < -0.39 is 0 Å². The van der Waals surface area contributed by atoms with E-state index in [9.17, 15) is 9.90 Å². The molecular formula is C16H19NO2. The van der Waals surface area contributed by atoms with Crippen molar-refractivity contribution < 1.29 is 5.11 Å². The van der Waals surface area contributed by atoms with E-state index in [0.29, 0.717) is 5.92 Å². The highest BCUT2D eigenvalue weighted by Gasteiger charge is 2.05. The van der Waals surface area contributed by atoms with Crippen LogP contribution in [0.1, 0.15) is 19.4 Å². The van der Waals surface area contributed by atoms with Crippen molar-refractivity contribution in [2.75, 3.05) is 0 Å². The maximum absolute atomic E-state index is 11.4. The van der Waals surface area contributed by atoms with Crippen molar-refractivity contribution in [3.05, 3.63) is 52.4 Å². The molecule has 0 aliphatic rings. The summed E-state index contributed by atoms with van der Waals surface area (Å²) < 4.78 is 1.40. The fourth-order valence-electron chi connectivity index (χ4n) is 2.16. The minimum atomic E-state index is -0.375. The standard InChI is InChI=1S/C16H19NO2/c1-11(2)8-12-4-6-13(7-5-12)14-9-15(18)16(19)17(3)10-14/h4-7,9-11,18H,8H2,1-3H3. The van der Waals surface area contributed by atoms with Gasteiger partial charge in [0.2, 0.25) is 0 Å². The Balaban J connectivity index is 2.35. The van der Waals surface area contributed by atoms with Gasteiger partial charge in [-0.3, -0.25) is 4.79 Å². The summed E-state index contributed by atoms with van der Waals surface area (Å²) in [4.78, 5) is 11.4. The average molecular weight is 257 g/mol. The minimum Gasteiger partial charge on any atom is -0.503 e. The lowest BCUT2D eigenvalue weighted by atomic mass is 10.00. The fourth-order valence-corrected chi connectivity index (χ4v) is 2.16. The number of aromatic nitrogens is 1. The smallest absolute Gasteiger partial charge is 0.292 e. The van der Waals surface area contributed by atoms with Gasteiger partial charge in [-0.25, -0.2) is 0 Å². The molecule has 0 fully saturated rings. The molecule has 3 heteroatoms. The summed E-state index contributed by atoms with van der Waals surface area (Å²) in [6.07, 6.45) is 2.79. The molecule has 0 atom stereocenters. The second-order valence-electron chi connectivity index (χ2n) is 5.32. The van der Waals surface area contributed by atoms with Crippen LogP contribution in [0.25, 0.3) is 11.1 Å². The first-order chi connectivity index (χ1) is 8.97. The van der Waals surface area contributed by atoms with Gasteiger partial charge >= 0.3 is 0 Å². The Bertz CT molecular complexity index is 598.